The maximum Gasteiger partial charge on any atom is 0.308 e. The van der Waals surface area contributed by atoms with Gasteiger partial charge in [0.25, 0.3) is 0 Å². The molecule has 0 spiro atoms. The minimum atomic E-state index is -0.0326. The van der Waals surface area contributed by atoms with E-state index in [1.165, 1.54) is 0 Å². The number of carbonyl (C=O) groups is 1. The number of rotatable bonds is 7. The van der Waals surface area contributed by atoms with E-state index in [0.717, 1.165) is 25.7 Å². The van der Waals surface area contributed by atoms with Gasteiger partial charge in [0.05, 0.1) is 12.5 Å². The quantitative estimate of drug-likeness (QED) is 0.589. The fourth-order valence-corrected chi connectivity index (χ4v) is 1.49. The molecule has 0 radical (unpaired) electrons. The average molecular weight is 200 g/mol. The lowest BCUT2D eigenvalue weighted by Crippen LogP contribution is -2.18. The number of hydrogen-bond donors (Lipinski definition) is 0. The molecule has 0 aromatic rings. The van der Waals surface area contributed by atoms with Gasteiger partial charge in [0, 0.05) is 0 Å². The van der Waals surface area contributed by atoms with Crippen LogP contribution in [0.15, 0.2) is 0 Å². The Morgan fingerprint density at radius 3 is 2.21 bits per heavy atom. The lowest BCUT2D eigenvalue weighted by molar-refractivity contribution is -0.149. The van der Waals surface area contributed by atoms with E-state index in [2.05, 4.69) is 20.8 Å². The Hall–Kier alpha value is -0.530. The molecule has 2 unspecified atom stereocenters. The fourth-order valence-electron chi connectivity index (χ4n) is 1.49. The maximum atomic E-state index is 11.4. The third-order valence-corrected chi connectivity index (χ3v) is 2.42. The summed E-state index contributed by atoms with van der Waals surface area (Å²) < 4.78 is 5.23. The van der Waals surface area contributed by atoms with Gasteiger partial charge in [-0.2, -0.15) is 0 Å². The molecular weight excluding hydrogens is 176 g/mol. The van der Waals surface area contributed by atoms with E-state index in [-0.39, 0.29) is 11.9 Å². The molecule has 0 aromatic carbocycles. The van der Waals surface area contributed by atoms with Crippen LogP contribution >= 0.6 is 0 Å². The number of esters is 1. The molecule has 0 aliphatic heterocycles. The third-order valence-electron chi connectivity index (χ3n) is 2.42. The molecule has 0 bridgehead atoms. The van der Waals surface area contributed by atoms with E-state index in [4.69, 9.17) is 4.74 Å². The highest BCUT2D eigenvalue weighted by Crippen LogP contribution is 2.10. The van der Waals surface area contributed by atoms with Crippen LogP contribution in [0.2, 0.25) is 0 Å². The predicted octanol–water partition coefficient (Wildman–Crippen LogP) is 3.40. The summed E-state index contributed by atoms with van der Waals surface area (Å²) >= 11 is 0. The summed E-state index contributed by atoms with van der Waals surface area (Å²) in [4.78, 5) is 11.4. The molecule has 0 N–H and O–H groups in total. The molecule has 0 amide bonds. The molecule has 0 aromatic heterocycles. The predicted molar refractivity (Wildman–Crippen MR) is 59.1 cm³/mol. The highest BCUT2D eigenvalue weighted by atomic mass is 16.5. The molecule has 0 heterocycles. The van der Waals surface area contributed by atoms with E-state index in [0.29, 0.717) is 12.5 Å². The molecule has 0 saturated heterocycles. The van der Waals surface area contributed by atoms with Gasteiger partial charge in [-0.15, -0.1) is 0 Å². The normalized spacial score (nSPS) is 14.9. The molecular formula is C12H24O2. The van der Waals surface area contributed by atoms with Crippen LogP contribution in [0.3, 0.4) is 0 Å². The summed E-state index contributed by atoms with van der Waals surface area (Å²) in [5, 5.41) is 0. The van der Waals surface area contributed by atoms with Crippen molar-refractivity contribution >= 4 is 5.97 Å². The summed E-state index contributed by atoms with van der Waals surface area (Å²) in [7, 11) is 0. The van der Waals surface area contributed by atoms with Crippen molar-refractivity contribution in [3.05, 3.63) is 0 Å². The standard InChI is InChI=1S/C12H24O2/c1-5-7-10(3)9-14-12(13)11(4)8-6-2/h10-11H,5-9H2,1-4H3. The van der Waals surface area contributed by atoms with Gasteiger partial charge in [0.2, 0.25) is 0 Å². The highest BCUT2D eigenvalue weighted by Gasteiger charge is 2.14. The van der Waals surface area contributed by atoms with Crippen molar-refractivity contribution in [2.45, 2.75) is 53.4 Å². The van der Waals surface area contributed by atoms with Gasteiger partial charge < -0.3 is 4.74 Å². The molecule has 0 aliphatic carbocycles. The van der Waals surface area contributed by atoms with Gasteiger partial charge in [-0.05, 0) is 18.8 Å². The zero-order valence-electron chi connectivity index (χ0n) is 10.0. The Kier molecular flexibility index (Phi) is 7.54. The van der Waals surface area contributed by atoms with Gasteiger partial charge in [-0.25, -0.2) is 0 Å². The van der Waals surface area contributed by atoms with Crippen LogP contribution in [-0.4, -0.2) is 12.6 Å². The molecule has 84 valence electrons. The van der Waals surface area contributed by atoms with Crippen molar-refractivity contribution in [2.75, 3.05) is 6.61 Å². The van der Waals surface area contributed by atoms with Crippen molar-refractivity contribution in [1.82, 2.24) is 0 Å². The molecule has 14 heavy (non-hydrogen) atoms. The first-order valence-electron chi connectivity index (χ1n) is 5.78. The first-order valence-corrected chi connectivity index (χ1v) is 5.78. The lowest BCUT2D eigenvalue weighted by atomic mass is 10.1. The zero-order valence-corrected chi connectivity index (χ0v) is 10.0. The second-order valence-electron chi connectivity index (χ2n) is 4.21. The molecule has 2 atom stereocenters. The topological polar surface area (TPSA) is 26.3 Å². The molecule has 2 heteroatoms. The lowest BCUT2D eigenvalue weighted by Gasteiger charge is -2.13. The van der Waals surface area contributed by atoms with Crippen LogP contribution in [0.4, 0.5) is 0 Å². The Morgan fingerprint density at radius 2 is 1.71 bits per heavy atom. The monoisotopic (exact) mass is 200 g/mol. The van der Waals surface area contributed by atoms with Crippen molar-refractivity contribution in [2.24, 2.45) is 11.8 Å². The summed E-state index contributed by atoms with van der Waals surface area (Å²) in [6, 6.07) is 0. The Labute approximate surface area is 88.0 Å². The third kappa shape index (κ3) is 6.01. The van der Waals surface area contributed by atoms with Gasteiger partial charge in [-0.1, -0.05) is 40.5 Å². The van der Waals surface area contributed by atoms with Crippen LogP contribution in [0, 0.1) is 11.8 Å². The van der Waals surface area contributed by atoms with Crippen LogP contribution in [0.5, 0.6) is 0 Å². The molecule has 2 nitrogen and oxygen atoms in total. The second kappa shape index (κ2) is 7.84. The number of hydrogen-bond acceptors (Lipinski definition) is 2. The number of carbonyl (C=O) groups excluding carboxylic acids is 1. The minimum Gasteiger partial charge on any atom is -0.465 e. The van der Waals surface area contributed by atoms with Gasteiger partial charge in [-0.3, -0.25) is 4.79 Å². The summed E-state index contributed by atoms with van der Waals surface area (Å²) in [6.45, 7) is 8.89. The van der Waals surface area contributed by atoms with Gasteiger partial charge in [0.15, 0.2) is 0 Å². The largest absolute Gasteiger partial charge is 0.465 e. The SMILES string of the molecule is CCCC(C)COC(=O)C(C)CCC. The smallest absolute Gasteiger partial charge is 0.308 e. The Bertz CT molecular complexity index is 154. The fraction of sp³-hybridized carbons (Fsp3) is 0.917. The molecule has 0 rings (SSSR count). The minimum absolute atomic E-state index is 0.0326. The summed E-state index contributed by atoms with van der Waals surface area (Å²) in [5.74, 6) is 0.529. The van der Waals surface area contributed by atoms with Crippen molar-refractivity contribution < 1.29 is 9.53 Å². The van der Waals surface area contributed by atoms with Gasteiger partial charge in [0.1, 0.15) is 0 Å². The average Bonchev–Trinajstić information content (AvgIpc) is 2.15. The highest BCUT2D eigenvalue weighted by molar-refractivity contribution is 5.71. The Morgan fingerprint density at radius 1 is 1.14 bits per heavy atom. The van der Waals surface area contributed by atoms with E-state index >= 15 is 0 Å². The molecule has 0 saturated carbocycles. The number of ether oxygens (including phenoxy) is 1. The van der Waals surface area contributed by atoms with Crippen molar-refractivity contribution in [3.63, 3.8) is 0 Å². The Balaban J connectivity index is 3.61. The van der Waals surface area contributed by atoms with E-state index in [1.807, 2.05) is 6.92 Å². The molecule has 0 aliphatic rings. The van der Waals surface area contributed by atoms with Crippen molar-refractivity contribution in [1.29, 1.82) is 0 Å². The van der Waals surface area contributed by atoms with Crippen LogP contribution in [0.25, 0.3) is 0 Å². The van der Waals surface area contributed by atoms with E-state index in [1.54, 1.807) is 0 Å². The van der Waals surface area contributed by atoms with Gasteiger partial charge >= 0.3 is 5.97 Å². The summed E-state index contributed by atoms with van der Waals surface area (Å²) in [6.07, 6.45) is 4.26. The zero-order chi connectivity index (χ0) is 11.0. The summed E-state index contributed by atoms with van der Waals surface area (Å²) in [5.41, 5.74) is 0. The first-order chi connectivity index (χ1) is 6.61. The van der Waals surface area contributed by atoms with Crippen LogP contribution in [0.1, 0.15) is 53.4 Å². The molecule has 0 fully saturated rings. The van der Waals surface area contributed by atoms with Crippen LogP contribution < -0.4 is 0 Å². The van der Waals surface area contributed by atoms with Crippen LogP contribution in [-0.2, 0) is 9.53 Å². The van der Waals surface area contributed by atoms with E-state index < -0.39 is 0 Å². The van der Waals surface area contributed by atoms with E-state index in [9.17, 15) is 4.79 Å². The first kappa shape index (κ1) is 13.5. The maximum absolute atomic E-state index is 11.4. The van der Waals surface area contributed by atoms with Crippen molar-refractivity contribution in [3.8, 4) is 0 Å². The second-order valence-corrected chi connectivity index (χ2v) is 4.21.